The molecule has 1 N–H and O–H groups in total. The van der Waals surface area contributed by atoms with Crippen molar-refractivity contribution in [1.82, 2.24) is 0 Å². The molecule has 2 aliphatic heterocycles. The van der Waals surface area contributed by atoms with Crippen LogP contribution in [-0.4, -0.2) is 28.6 Å². The minimum absolute atomic E-state index is 0.550. The molecule has 2 aliphatic rings. The predicted molar refractivity (Wildman–Crippen MR) is 97.9 cm³/mol. The molecule has 0 bridgehead atoms. The number of anilines is 1. The van der Waals surface area contributed by atoms with Crippen molar-refractivity contribution in [3.63, 3.8) is 0 Å². The van der Waals surface area contributed by atoms with Crippen LogP contribution in [0.25, 0.3) is 0 Å². The highest BCUT2D eigenvalue weighted by molar-refractivity contribution is 6.30. The second-order valence-electron chi connectivity index (χ2n) is 6.72. The molecule has 0 aromatic heterocycles. The molecule has 2 aromatic carbocycles. The van der Waals surface area contributed by atoms with E-state index in [2.05, 4.69) is 40.7 Å². The number of para-hydroxylation sites is 1. The summed E-state index contributed by atoms with van der Waals surface area (Å²) in [6, 6.07) is 16.0. The molecule has 4 heteroatoms. The molecule has 24 heavy (non-hydrogen) atoms. The average Bonchev–Trinajstić information content (AvgIpc) is 2.90. The zero-order valence-corrected chi connectivity index (χ0v) is 14.6. The Morgan fingerprint density at radius 3 is 2.58 bits per heavy atom. The van der Waals surface area contributed by atoms with Gasteiger partial charge in [-0.25, -0.2) is 9.48 Å². The SMILES string of the molecule is Cc1ccccc1N1CC(O)(c2ccc(Cl)cc2)[N+]2=C1CCCC2. The maximum Gasteiger partial charge on any atom is 0.271 e. The number of hydrogen-bond acceptors (Lipinski definition) is 2. The molecule has 0 amide bonds. The van der Waals surface area contributed by atoms with Crippen LogP contribution in [0.15, 0.2) is 48.5 Å². The van der Waals surface area contributed by atoms with Crippen LogP contribution in [0, 0.1) is 6.92 Å². The van der Waals surface area contributed by atoms with Crippen molar-refractivity contribution in [3.8, 4) is 0 Å². The third kappa shape index (κ3) is 2.43. The monoisotopic (exact) mass is 341 g/mol. The van der Waals surface area contributed by atoms with Crippen LogP contribution in [0.1, 0.15) is 30.4 Å². The van der Waals surface area contributed by atoms with Gasteiger partial charge in [0.2, 0.25) is 0 Å². The number of rotatable bonds is 2. The quantitative estimate of drug-likeness (QED) is 0.838. The Bertz CT molecular complexity index is 800. The number of aliphatic hydroxyl groups is 1. The van der Waals surface area contributed by atoms with Gasteiger partial charge in [-0.3, -0.25) is 0 Å². The summed E-state index contributed by atoms with van der Waals surface area (Å²) in [6.45, 7) is 3.56. The van der Waals surface area contributed by atoms with Crippen LogP contribution in [0.2, 0.25) is 5.02 Å². The Morgan fingerprint density at radius 1 is 1.08 bits per heavy atom. The van der Waals surface area contributed by atoms with Crippen LogP contribution in [-0.2, 0) is 5.72 Å². The van der Waals surface area contributed by atoms with Crippen molar-refractivity contribution in [1.29, 1.82) is 0 Å². The molecule has 3 nitrogen and oxygen atoms in total. The minimum Gasteiger partial charge on any atom is -0.346 e. The van der Waals surface area contributed by atoms with E-state index in [-0.39, 0.29) is 0 Å². The first-order chi connectivity index (χ1) is 11.6. The highest BCUT2D eigenvalue weighted by atomic mass is 35.5. The van der Waals surface area contributed by atoms with E-state index in [0.717, 1.165) is 24.9 Å². The lowest BCUT2D eigenvalue weighted by Crippen LogP contribution is -2.41. The molecule has 0 radical (unpaired) electrons. The van der Waals surface area contributed by atoms with Crippen molar-refractivity contribution in [2.75, 3.05) is 18.0 Å². The molecule has 4 rings (SSSR count). The lowest BCUT2D eigenvalue weighted by atomic mass is 10.0. The smallest absolute Gasteiger partial charge is 0.271 e. The number of β-amino-alcohol motifs (C(OH)–C–C–N with tert-alkyl or cyclic N) is 1. The summed E-state index contributed by atoms with van der Waals surface area (Å²) in [5.74, 6) is 1.23. The van der Waals surface area contributed by atoms with Crippen LogP contribution in [0.3, 0.4) is 0 Å². The Balaban J connectivity index is 1.82. The third-order valence-electron chi connectivity index (χ3n) is 5.19. The maximum atomic E-state index is 11.6. The fraction of sp³-hybridized carbons (Fsp3) is 0.350. The van der Waals surface area contributed by atoms with Crippen LogP contribution >= 0.6 is 11.6 Å². The van der Waals surface area contributed by atoms with Gasteiger partial charge in [-0.05, 0) is 43.5 Å². The van der Waals surface area contributed by atoms with Gasteiger partial charge in [0.1, 0.15) is 5.69 Å². The van der Waals surface area contributed by atoms with Gasteiger partial charge in [-0.1, -0.05) is 41.9 Å². The molecule has 2 aromatic rings. The van der Waals surface area contributed by atoms with Gasteiger partial charge in [0.15, 0.2) is 6.54 Å². The van der Waals surface area contributed by atoms with Crippen LogP contribution in [0.5, 0.6) is 0 Å². The molecule has 0 aliphatic carbocycles. The van der Waals surface area contributed by atoms with Gasteiger partial charge >= 0.3 is 0 Å². The van der Waals surface area contributed by atoms with Gasteiger partial charge in [-0.15, -0.1) is 0 Å². The van der Waals surface area contributed by atoms with Crippen molar-refractivity contribution < 1.29 is 9.68 Å². The van der Waals surface area contributed by atoms with Crippen molar-refractivity contribution in [2.24, 2.45) is 0 Å². The van der Waals surface area contributed by atoms with E-state index in [1.165, 1.54) is 23.5 Å². The number of halogens is 1. The summed E-state index contributed by atoms with van der Waals surface area (Å²) in [6.07, 6.45) is 3.29. The molecule has 0 spiro atoms. The maximum absolute atomic E-state index is 11.6. The Labute approximate surface area is 147 Å². The van der Waals surface area contributed by atoms with Gasteiger partial charge in [0.25, 0.3) is 11.6 Å². The third-order valence-corrected chi connectivity index (χ3v) is 5.45. The second kappa shape index (κ2) is 5.91. The number of nitrogens with zero attached hydrogens (tertiary/aromatic N) is 2. The molecule has 0 fully saturated rings. The second-order valence-corrected chi connectivity index (χ2v) is 7.16. The molecule has 0 saturated heterocycles. The summed E-state index contributed by atoms with van der Waals surface area (Å²) in [5.41, 5.74) is 2.32. The fourth-order valence-corrected chi connectivity index (χ4v) is 4.07. The summed E-state index contributed by atoms with van der Waals surface area (Å²) in [4.78, 5) is 2.29. The zero-order chi connectivity index (χ0) is 16.7. The molecule has 0 saturated carbocycles. The lowest BCUT2D eigenvalue weighted by molar-refractivity contribution is -0.661. The predicted octanol–water partition coefficient (Wildman–Crippen LogP) is 3.91. The van der Waals surface area contributed by atoms with Crippen molar-refractivity contribution in [3.05, 3.63) is 64.7 Å². The van der Waals surface area contributed by atoms with Gasteiger partial charge < -0.3 is 5.11 Å². The van der Waals surface area contributed by atoms with E-state index < -0.39 is 5.72 Å². The lowest BCUT2D eigenvalue weighted by Gasteiger charge is -2.24. The van der Waals surface area contributed by atoms with E-state index in [0.29, 0.717) is 11.6 Å². The Kier molecular flexibility index (Phi) is 3.86. The molecular weight excluding hydrogens is 320 g/mol. The van der Waals surface area contributed by atoms with Gasteiger partial charge in [-0.2, -0.15) is 0 Å². The van der Waals surface area contributed by atoms with Crippen LogP contribution in [0.4, 0.5) is 5.69 Å². The van der Waals surface area contributed by atoms with E-state index in [4.69, 9.17) is 11.6 Å². The first-order valence-corrected chi connectivity index (χ1v) is 8.92. The highest BCUT2D eigenvalue weighted by Crippen LogP contribution is 2.36. The zero-order valence-electron chi connectivity index (χ0n) is 13.9. The first-order valence-electron chi connectivity index (χ1n) is 8.55. The molecule has 2 heterocycles. The molecule has 124 valence electrons. The molecule has 1 atom stereocenters. The fourth-order valence-electron chi connectivity index (χ4n) is 3.95. The first kappa shape index (κ1) is 15.7. The average molecular weight is 342 g/mol. The van der Waals surface area contributed by atoms with E-state index >= 15 is 0 Å². The normalized spacial score (nSPS) is 23.5. The highest BCUT2D eigenvalue weighted by Gasteiger charge is 2.52. The van der Waals surface area contributed by atoms with E-state index in [1.807, 2.05) is 24.3 Å². The summed E-state index contributed by atoms with van der Waals surface area (Å²) >= 11 is 6.04. The summed E-state index contributed by atoms with van der Waals surface area (Å²) in [7, 11) is 0. The largest absolute Gasteiger partial charge is 0.346 e. The number of benzene rings is 2. The Morgan fingerprint density at radius 2 is 1.83 bits per heavy atom. The summed E-state index contributed by atoms with van der Waals surface area (Å²) < 4.78 is 2.19. The number of aryl methyl sites for hydroxylation is 1. The van der Waals surface area contributed by atoms with Gasteiger partial charge in [0.05, 0.1) is 6.54 Å². The molecular formula is C20H22ClN2O+. The van der Waals surface area contributed by atoms with Crippen molar-refractivity contribution in [2.45, 2.75) is 31.9 Å². The number of hydrogen-bond donors (Lipinski definition) is 1. The van der Waals surface area contributed by atoms with Crippen LogP contribution < -0.4 is 4.90 Å². The van der Waals surface area contributed by atoms with Gasteiger partial charge in [0, 0.05) is 17.0 Å². The number of amidine groups is 1. The Hall–Kier alpha value is -1.84. The standard InChI is InChI=1S/C20H22ClN2O/c1-15-6-2-3-7-18(15)22-14-20(24,16-9-11-17(21)12-10-16)23-13-5-4-8-19(22)23/h2-3,6-7,9-12,24H,4-5,8,13-14H2,1H3/q+1. The topological polar surface area (TPSA) is 26.5 Å². The van der Waals surface area contributed by atoms with E-state index in [9.17, 15) is 5.11 Å². The minimum atomic E-state index is -0.997. The van der Waals surface area contributed by atoms with E-state index in [1.54, 1.807) is 0 Å². The summed E-state index contributed by atoms with van der Waals surface area (Å²) in [5, 5.41) is 12.3. The van der Waals surface area contributed by atoms with Crippen molar-refractivity contribution >= 4 is 23.1 Å². The molecule has 1 unspecified atom stereocenters.